The highest BCUT2D eigenvalue weighted by Gasteiger charge is 2.15. The summed E-state index contributed by atoms with van der Waals surface area (Å²) in [6, 6.07) is 5.39. The minimum Gasteiger partial charge on any atom is -0.496 e. The van der Waals surface area contributed by atoms with E-state index in [1.165, 1.54) is 0 Å². The summed E-state index contributed by atoms with van der Waals surface area (Å²) in [4.78, 5) is 0. The average Bonchev–Trinajstić information content (AvgIpc) is 2.70. The molecular weight excluding hydrogens is 305 g/mol. The van der Waals surface area contributed by atoms with Crippen molar-refractivity contribution in [1.29, 1.82) is 0 Å². The Bertz CT molecular complexity index is 542. The van der Waals surface area contributed by atoms with E-state index in [-0.39, 0.29) is 0 Å². The molecule has 0 radical (unpaired) electrons. The molecule has 3 N–H and O–H groups in total. The second-order valence-corrected chi connectivity index (χ2v) is 4.64. The van der Waals surface area contributed by atoms with Gasteiger partial charge in [-0.25, -0.2) is 0 Å². The molecule has 1 aromatic heterocycles. The van der Waals surface area contributed by atoms with Gasteiger partial charge in [0.1, 0.15) is 11.4 Å². The average molecular weight is 317 g/mol. The highest BCUT2D eigenvalue weighted by Crippen LogP contribution is 2.36. The van der Waals surface area contributed by atoms with Crippen LogP contribution in [0.4, 0.5) is 0 Å². The minimum atomic E-state index is 0.385. The van der Waals surface area contributed by atoms with Crippen molar-refractivity contribution in [3.8, 4) is 17.0 Å². The number of nitrogens with two attached hydrogens (primary N) is 1. The van der Waals surface area contributed by atoms with E-state index in [9.17, 15) is 0 Å². The highest BCUT2D eigenvalue weighted by atomic mass is 79.9. The number of methoxy groups -OCH3 is 1. The van der Waals surface area contributed by atoms with Gasteiger partial charge in [-0.3, -0.25) is 5.10 Å². The van der Waals surface area contributed by atoms with Crippen molar-refractivity contribution in [3.05, 3.63) is 33.4 Å². The van der Waals surface area contributed by atoms with Crippen molar-refractivity contribution < 1.29 is 4.74 Å². The Morgan fingerprint density at radius 2 is 2.29 bits per heavy atom. The van der Waals surface area contributed by atoms with Crippen LogP contribution in [0.25, 0.3) is 11.3 Å². The summed E-state index contributed by atoms with van der Waals surface area (Å²) in [6.07, 6.45) is 0. The number of aromatic nitrogens is 2. The summed E-state index contributed by atoms with van der Waals surface area (Å²) in [5.74, 6) is 0.713. The Hall–Kier alpha value is -1.04. The van der Waals surface area contributed by atoms with Gasteiger partial charge in [0.05, 0.1) is 17.3 Å². The Labute approximate surface area is 112 Å². The lowest BCUT2D eigenvalue weighted by Gasteiger charge is -2.07. The van der Waals surface area contributed by atoms with Crippen LogP contribution in [0.15, 0.2) is 22.7 Å². The number of H-pyrrole nitrogens is 1. The molecule has 0 aliphatic rings. The number of aromatic amines is 1. The quantitative estimate of drug-likeness (QED) is 0.915. The summed E-state index contributed by atoms with van der Waals surface area (Å²) in [7, 11) is 1.61. The van der Waals surface area contributed by atoms with Crippen LogP contribution in [0.5, 0.6) is 5.75 Å². The molecule has 0 spiro atoms. The Kier molecular flexibility index (Phi) is 3.71. The van der Waals surface area contributed by atoms with Gasteiger partial charge in [0.25, 0.3) is 0 Å². The van der Waals surface area contributed by atoms with Crippen molar-refractivity contribution in [3.63, 3.8) is 0 Å². The number of nitrogens with one attached hydrogen (secondary N) is 1. The molecule has 0 fully saturated rings. The van der Waals surface area contributed by atoms with Crippen molar-refractivity contribution >= 4 is 27.5 Å². The fourth-order valence-electron chi connectivity index (χ4n) is 1.54. The molecule has 0 unspecified atom stereocenters. The van der Waals surface area contributed by atoms with Crippen molar-refractivity contribution in [2.45, 2.75) is 6.54 Å². The summed E-state index contributed by atoms with van der Waals surface area (Å²) in [5, 5.41) is 7.72. The Balaban J connectivity index is 2.58. The number of hydrogen-bond donors (Lipinski definition) is 2. The maximum absolute atomic E-state index is 5.98. The number of benzene rings is 1. The number of nitrogens with zero attached hydrogens (tertiary/aromatic N) is 1. The number of ether oxygens (including phenoxy) is 1. The Morgan fingerprint density at radius 3 is 2.88 bits per heavy atom. The zero-order chi connectivity index (χ0) is 12.4. The van der Waals surface area contributed by atoms with E-state index in [2.05, 4.69) is 26.1 Å². The van der Waals surface area contributed by atoms with Crippen molar-refractivity contribution in [2.75, 3.05) is 7.11 Å². The van der Waals surface area contributed by atoms with Gasteiger partial charge in [0.2, 0.25) is 0 Å². The molecule has 0 amide bonds. The molecule has 17 heavy (non-hydrogen) atoms. The van der Waals surface area contributed by atoms with E-state index in [0.717, 1.165) is 21.4 Å². The maximum atomic E-state index is 5.98. The lowest BCUT2D eigenvalue weighted by Crippen LogP contribution is -1.96. The van der Waals surface area contributed by atoms with Crippen LogP contribution < -0.4 is 10.5 Å². The molecule has 90 valence electrons. The first-order chi connectivity index (χ1) is 8.17. The summed E-state index contributed by atoms with van der Waals surface area (Å²) in [6.45, 7) is 0.385. The van der Waals surface area contributed by atoms with E-state index < -0.39 is 0 Å². The number of halogens is 2. The van der Waals surface area contributed by atoms with Crippen LogP contribution in [0.1, 0.15) is 5.69 Å². The maximum Gasteiger partial charge on any atom is 0.128 e. The molecule has 2 rings (SSSR count). The predicted octanol–water partition coefficient (Wildman–Crippen LogP) is 2.96. The lowest BCUT2D eigenvalue weighted by molar-refractivity contribution is 0.416. The molecule has 0 aliphatic heterocycles. The van der Waals surface area contributed by atoms with Gasteiger partial charge in [-0.15, -0.1) is 0 Å². The summed E-state index contributed by atoms with van der Waals surface area (Å²) < 4.78 is 6.12. The lowest BCUT2D eigenvalue weighted by atomic mass is 10.1. The smallest absolute Gasteiger partial charge is 0.128 e. The van der Waals surface area contributed by atoms with E-state index in [0.29, 0.717) is 17.3 Å². The second-order valence-electron chi connectivity index (χ2n) is 3.41. The molecule has 0 saturated carbocycles. The number of hydrogen-bond acceptors (Lipinski definition) is 3. The van der Waals surface area contributed by atoms with Crippen LogP contribution in [-0.2, 0) is 6.54 Å². The van der Waals surface area contributed by atoms with Gasteiger partial charge in [-0.05, 0) is 34.1 Å². The fraction of sp³-hybridized carbons (Fsp3) is 0.182. The molecule has 6 heteroatoms. The van der Waals surface area contributed by atoms with Crippen LogP contribution in [0.3, 0.4) is 0 Å². The van der Waals surface area contributed by atoms with Gasteiger partial charge in [-0.2, -0.15) is 5.10 Å². The Morgan fingerprint density at radius 1 is 1.53 bits per heavy atom. The van der Waals surface area contributed by atoms with Gasteiger partial charge in [0, 0.05) is 17.1 Å². The zero-order valence-electron chi connectivity index (χ0n) is 9.13. The third-order valence-electron chi connectivity index (χ3n) is 2.40. The van der Waals surface area contributed by atoms with Crippen molar-refractivity contribution in [2.24, 2.45) is 5.73 Å². The second kappa shape index (κ2) is 5.08. The molecule has 0 bridgehead atoms. The molecule has 1 heterocycles. The van der Waals surface area contributed by atoms with Gasteiger partial charge in [-0.1, -0.05) is 11.6 Å². The van der Waals surface area contributed by atoms with E-state index >= 15 is 0 Å². The molecule has 0 saturated heterocycles. The van der Waals surface area contributed by atoms with E-state index in [1.807, 2.05) is 6.07 Å². The molecule has 0 aliphatic carbocycles. The topological polar surface area (TPSA) is 63.9 Å². The van der Waals surface area contributed by atoms with Gasteiger partial charge >= 0.3 is 0 Å². The van der Waals surface area contributed by atoms with Crippen LogP contribution in [0.2, 0.25) is 5.02 Å². The monoisotopic (exact) mass is 315 g/mol. The normalized spacial score (nSPS) is 10.6. The molecule has 4 nitrogen and oxygen atoms in total. The standard InChI is InChI=1S/C11H11BrClN3O/c1-17-9-3-2-6(13)4-7(9)11-10(12)8(5-14)15-16-11/h2-4H,5,14H2,1H3,(H,15,16). The van der Waals surface area contributed by atoms with E-state index in [1.54, 1.807) is 19.2 Å². The highest BCUT2D eigenvalue weighted by molar-refractivity contribution is 9.10. The summed E-state index contributed by atoms with van der Waals surface area (Å²) in [5.41, 5.74) is 7.98. The molecule has 0 atom stereocenters. The first kappa shape index (κ1) is 12.4. The van der Waals surface area contributed by atoms with Crippen LogP contribution in [-0.4, -0.2) is 17.3 Å². The zero-order valence-corrected chi connectivity index (χ0v) is 11.5. The third kappa shape index (κ3) is 2.31. The largest absolute Gasteiger partial charge is 0.496 e. The van der Waals surface area contributed by atoms with Crippen LogP contribution in [0, 0.1) is 0 Å². The first-order valence-electron chi connectivity index (χ1n) is 4.94. The predicted molar refractivity (Wildman–Crippen MR) is 71.2 cm³/mol. The van der Waals surface area contributed by atoms with Gasteiger partial charge in [0.15, 0.2) is 0 Å². The van der Waals surface area contributed by atoms with Crippen molar-refractivity contribution in [1.82, 2.24) is 10.2 Å². The minimum absolute atomic E-state index is 0.385. The molecule has 1 aromatic carbocycles. The molecular formula is C11H11BrClN3O. The fourth-order valence-corrected chi connectivity index (χ4v) is 2.27. The number of rotatable bonds is 3. The first-order valence-corrected chi connectivity index (χ1v) is 6.11. The van der Waals surface area contributed by atoms with Crippen LogP contribution >= 0.6 is 27.5 Å². The SMILES string of the molecule is COc1ccc(Cl)cc1-c1n[nH]c(CN)c1Br. The van der Waals surface area contributed by atoms with E-state index in [4.69, 9.17) is 22.1 Å². The third-order valence-corrected chi connectivity index (χ3v) is 3.49. The van der Waals surface area contributed by atoms with Gasteiger partial charge < -0.3 is 10.5 Å². The molecule has 2 aromatic rings. The summed E-state index contributed by atoms with van der Waals surface area (Å²) >= 11 is 9.45.